The van der Waals surface area contributed by atoms with Crippen LogP contribution in [-0.4, -0.2) is 35.8 Å². The van der Waals surface area contributed by atoms with Crippen LogP contribution in [-0.2, 0) is 24.9 Å². The maximum Gasteiger partial charge on any atom is 0.340 e. The minimum atomic E-state index is -0.338. The molecule has 0 amide bonds. The molecule has 0 radical (unpaired) electrons. The molecule has 0 unspecified atom stereocenters. The van der Waals surface area contributed by atoms with E-state index in [9.17, 15) is 4.79 Å². The predicted molar refractivity (Wildman–Crippen MR) is 141 cm³/mol. The molecule has 182 valence electrons. The molecule has 1 aromatic heterocycles. The normalized spacial score (nSPS) is 14.1. The number of allylic oxidation sites excluding steroid dienone is 4. The maximum atomic E-state index is 13.3. The van der Waals surface area contributed by atoms with Crippen LogP contribution in [0.5, 0.6) is 5.75 Å². The van der Waals surface area contributed by atoms with Crippen molar-refractivity contribution in [2.45, 2.75) is 20.0 Å². The van der Waals surface area contributed by atoms with Crippen molar-refractivity contribution in [1.82, 2.24) is 9.47 Å². The number of aromatic nitrogens is 1. The molecular formula is C28H32N4O3. The smallest absolute Gasteiger partial charge is 0.340 e. The van der Waals surface area contributed by atoms with Gasteiger partial charge in [-0.1, -0.05) is 36.9 Å². The number of hydrogen-bond acceptors (Lipinski definition) is 6. The minimum absolute atomic E-state index is 0.297. The van der Waals surface area contributed by atoms with Crippen molar-refractivity contribution in [3.63, 3.8) is 0 Å². The summed E-state index contributed by atoms with van der Waals surface area (Å²) in [5.74, 6) is 0.412. The third-order valence-electron chi connectivity index (χ3n) is 6.12. The number of para-hydroxylation sites is 1. The summed E-state index contributed by atoms with van der Waals surface area (Å²) in [6, 6.07) is 12.0. The molecule has 0 bridgehead atoms. The largest absolute Gasteiger partial charge is 0.477 e. The number of nitrogens with one attached hydrogen (secondary N) is 1. The number of hydrogen-bond donors (Lipinski definition) is 2. The van der Waals surface area contributed by atoms with Gasteiger partial charge >= 0.3 is 5.97 Å². The SMILES string of the molecule is C=C/C=C(\C=C/N)c1cc2c(c3c1OCN(C)C3)c(C(=O)OCC)c(CNc1ccccc1)n2C. The zero-order valence-corrected chi connectivity index (χ0v) is 20.5. The molecule has 7 heteroatoms. The number of carbonyl (C=O) groups is 1. The van der Waals surface area contributed by atoms with E-state index in [0.717, 1.165) is 44.7 Å². The van der Waals surface area contributed by atoms with Gasteiger partial charge in [0.05, 0.1) is 29.9 Å². The second kappa shape index (κ2) is 10.5. The fourth-order valence-electron chi connectivity index (χ4n) is 4.56. The summed E-state index contributed by atoms with van der Waals surface area (Å²) in [6.45, 7) is 7.51. The Kier molecular flexibility index (Phi) is 7.27. The standard InChI is InChI=1S/C28H32N4O3/c1-5-10-19(13-14-29)21-15-23-25(22-17-31(3)18-35-27(21)22)26(28(33)34-6-2)24(32(23)4)16-30-20-11-8-7-9-12-20/h5,7-15,30H,1,6,16-18,29H2,2-4H3/b14-13-,19-10+. The lowest BCUT2D eigenvalue weighted by Gasteiger charge is -2.28. The Morgan fingerprint density at radius 1 is 1.29 bits per heavy atom. The zero-order valence-electron chi connectivity index (χ0n) is 20.5. The summed E-state index contributed by atoms with van der Waals surface area (Å²) in [7, 11) is 3.97. The van der Waals surface area contributed by atoms with Gasteiger partial charge in [-0.05, 0) is 50.0 Å². The van der Waals surface area contributed by atoms with E-state index in [1.54, 1.807) is 6.08 Å². The molecule has 35 heavy (non-hydrogen) atoms. The third kappa shape index (κ3) is 4.68. The number of rotatable bonds is 8. The second-order valence-electron chi connectivity index (χ2n) is 8.45. The first kappa shape index (κ1) is 24.2. The van der Waals surface area contributed by atoms with Crippen molar-refractivity contribution in [3.8, 4) is 5.75 Å². The van der Waals surface area contributed by atoms with Crippen LogP contribution in [0.4, 0.5) is 5.69 Å². The van der Waals surface area contributed by atoms with Crippen LogP contribution < -0.4 is 15.8 Å². The topological polar surface area (TPSA) is 81.8 Å². The number of nitrogens with zero attached hydrogens (tertiary/aromatic N) is 2. The van der Waals surface area contributed by atoms with Gasteiger partial charge in [0, 0.05) is 35.8 Å². The lowest BCUT2D eigenvalue weighted by atomic mass is 9.94. The number of nitrogens with two attached hydrogens (primary N) is 1. The average Bonchev–Trinajstić information content (AvgIpc) is 3.14. The Bertz CT molecular complexity index is 1310. The van der Waals surface area contributed by atoms with E-state index in [4.69, 9.17) is 15.2 Å². The third-order valence-corrected chi connectivity index (χ3v) is 6.12. The first-order valence-corrected chi connectivity index (χ1v) is 11.7. The molecule has 3 aromatic rings. The van der Waals surface area contributed by atoms with E-state index >= 15 is 0 Å². The summed E-state index contributed by atoms with van der Waals surface area (Å²) in [6.07, 6.45) is 6.97. The Labute approximate surface area is 206 Å². The van der Waals surface area contributed by atoms with E-state index in [1.165, 1.54) is 6.20 Å². The van der Waals surface area contributed by atoms with Gasteiger partial charge in [0.15, 0.2) is 0 Å². The molecule has 0 saturated carbocycles. The molecule has 0 fully saturated rings. The van der Waals surface area contributed by atoms with Crippen LogP contribution in [0.25, 0.3) is 16.5 Å². The lowest BCUT2D eigenvalue weighted by molar-refractivity contribution is 0.0527. The number of anilines is 1. The highest BCUT2D eigenvalue weighted by atomic mass is 16.5. The molecule has 0 atom stereocenters. The van der Waals surface area contributed by atoms with Crippen LogP contribution in [0, 0.1) is 0 Å². The highest BCUT2D eigenvalue weighted by Gasteiger charge is 2.30. The van der Waals surface area contributed by atoms with Gasteiger partial charge in [0.1, 0.15) is 12.5 Å². The van der Waals surface area contributed by atoms with Gasteiger partial charge in [-0.25, -0.2) is 4.79 Å². The summed E-state index contributed by atoms with van der Waals surface area (Å²) in [4.78, 5) is 15.4. The van der Waals surface area contributed by atoms with Crippen molar-refractivity contribution in [1.29, 1.82) is 0 Å². The molecule has 2 aromatic carbocycles. The van der Waals surface area contributed by atoms with E-state index < -0.39 is 0 Å². The van der Waals surface area contributed by atoms with Gasteiger partial charge in [-0.2, -0.15) is 0 Å². The first-order valence-electron chi connectivity index (χ1n) is 11.7. The van der Waals surface area contributed by atoms with E-state index in [1.807, 2.05) is 63.5 Å². The number of carbonyl (C=O) groups excluding carboxylic acids is 1. The monoisotopic (exact) mass is 472 g/mol. The Morgan fingerprint density at radius 2 is 2.06 bits per heavy atom. The van der Waals surface area contributed by atoms with Gasteiger partial charge in [0.25, 0.3) is 0 Å². The van der Waals surface area contributed by atoms with Gasteiger partial charge < -0.3 is 25.1 Å². The Morgan fingerprint density at radius 3 is 2.74 bits per heavy atom. The summed E-state index contributed by atoms with van der Waals surface area (Å²) in [5.41, 5.74) is 11.8. The fraction of sp³-hybridized carbons (Fsp3) is 0.250. The number of ether oxygens (including phenoxy) is 2. The van der Waals surface area contributed by atoms with E-state index in [0.29, 0.717) is 32.0 Å². The number of benzene rings is 2. The van der Waals surface area contributed by atoms with Crippen molar-refractivity contribution in [2.75, 3.05) is 25.7 Å². The molecule has 0 spiro atoms. The molecule has 1 aliphatic rings. The van der Waals surface area contributed by atoms with Crippen LogP contribution in [0.1, 0.15) is 34.1 Å². The van der Waals surface area contributed by atoms with Gasteiger partial charge in [-0.15, -0.1) is 0 Å². The van der Waals surface area contributed by atoms with Crippen molar-refractivity contribution >= 4 is 28.1 Å². The van der Waals surface area contributed by atoms with Crippen LogP contribution in [0.15, 0.2) is 67.4 Å². The average molecular weight is 473 g/mol. The maximum absolute atomic E-state index is 13.3. The van der Waals surface area contributed by atoms with Gasteiger partial charge in [0.2, 0.25) is 0 Å². The van der Waals surface area contributed by atoms with Crippen molar-refractivity contribution in [3.05, 3.63) is 89.8 Å². The fourth-order valence-corrected chi connectivity index (χ4v) is 4.56. The first-order chi connectivity index (χ1) is 17.0. The van der Waals surface area contributed by atoms with Crippen molar-refractivity contribution in [2.24, 2.45) is 12.8 Å². The molecule has 4 rings (SSSR count). The molecule has 1 aliphatic heterocycles. The Hall–Kier alpha value is -3.97. The number of esters is 1. The second-order valence-corrected chi connectivity index (χ2v) is 8.45. The molecule has 0 aliphatic carbocycles. The molecule has 0 saturated heterocycles. The van der Waals surface area contributed by atoms with Crippen molar-refractivity contribution < 1.29 is 14.3 Å². The quantitative estimate of drug-likeness (QED) is 0.362. The predicted octanol–water partition coefficient (Wildman–Crippen LogP) is 4.79. The number of fused-ring (bicyclic) bond motifs is 3. The van der Waals surface area contributed by atoms with Crippen LogP contribution >= 0.6 is 0 Å². The van der Waals surface area contributed by atoms with Crippen LogP contribution in [0.3, 0.4) is 0 Å². The van der Waals surface area contributed by atoms with E-state index in [-0.39, 0.29) is 5.97 Å². The number of aryl methyl sites for hydroxylation is 1. The van der Waals surface area contributed by atoms with Crippen LogP contribution in [0.2, 0.25) is 0 Å². The highest BCUT2D eigenvalue weighted by molar-refractivity contribution is 6.09. The summed E-state index contributed by atoms with van der Waals surface area (Å²) < 4.78 is 13.8. The molecular weight excluding hydrogens is 440 g/mol. The van der Waals surface area contributed by atoms with E-state index in [2.05, 4.69) is 27.4 Å². The lowest BCUT2D eigenvalue weighted by Crippen LogP contribution is -2.29. The summed E-state index contributed by atoms with van der Waals surface area (Å²) in [5, 5.41) is 4.30. The summed E-state index contributed by atoms with van der Waals surface area (Å²) >= 11 is 0. The Balaban J connectivity index is 1.99. The molecule has 2 heterocycles. The zero-order chi connectivity index (χ0) is 24.9. The molecule has 3 N–H and O–H groups in total. The minimum Gasteiger partial charge on any atom is -0.477 e. The van der Waals surface area contributed by atoms with Gasteiger partial charge in [-0.3, -0.25) is 4.90 Å². The molecule has 7 nitrogen and oxygen atoms in total. The highest BCUT2D eigenvalue weighted by Crippen LogP contribution is 2.42.